The number of thiophene rings is 1. The summed E-state index contributed by atoms with van der Waals surface area (Å²) in [6.07, 6.45) is 0. The summed E-state index contributed by atoms with van der Waals surface area (Å²) in [7, 11) is 0. The van der Waals surface area contributed by atoms with E-state index in [4.69, 9.17) is 4.74 Å². The van der Waals surface area contributed by atoms with Crippen molar-refractivity contribution in [1.29, 1.82) is 0 Å². The van der Waals surface area contributed by atoms with Crippen LogP contribution in [0.5, 0.6) is 5.75 Å². The number of nitrogens with one attached hydrogen (secondary N) is 1. The fraction of sp³-hybridized carbons (Fsp3) is 0.100. The molecule has 4 nitrogen and oxygen atoms in total. The highest BCUT2D eigenvalue weighted by Crippen LogP contribution is 2.31. The third-order valence-corrected chi connectivity index (χ3v) is 4.50. The van der Waals surface area contributed by atoms with Crippen molar-refractivity contribution in [2.24, 2.45) is 0 Å². The van der Waals surface area contributed by atoms with E-state index in [1.165, 1.54) is 6.92 Å². The molecule has 0 saturated heterocycles. The summed E-state index contributed by atoms with van der Waals surface area (Å²) in [6.45, 7) is 1.37. The number of hydrogen-bond donors (Lipinski definition) is 1. The molecule has 0 spiro atoms. The van der Waals surface area contributed by atoms with E-state index < -0.39 is 0 Å². The minimum Gasteiger partial charge on any atom is -0.484 e. The Morgan fingerprint density at radius 3 is 2.64 bits per heavy atom. The number of para-hydroxylation sites is 1. The summed E-state index contributed by atoms with van der Waals surface area (Å²) in [5.41, 5.74) is 2.28. The number of carbonyl (C=O) groups excluding carboxylic acids is 2. The lowest BCUT2D eigenvalue weighted by molar-refractivity contribution is -0.118. The Kier molecular flexibility index (Phi) is 5.26. The van der Waals surface area contributed by atoms with E-state index in [0.717, 1.165) is 16.1 Å². The van der Waals surface area contributed by atoms with E-state index in [9.17, 15) is 9.59 Å². The van der Waals surface area contributed by atoms with Crippen LogP contribution in [0.1, 0.15) is 17.3 Å². The van der Waals surface area contributed by atoms with Crippen LogP contribution in [0.15, 0.2) is 66.0 Å². The molecule has 0 bridgehead atoms. The molecule has 2 aromatic carbocycles. The second-order valence-corrected chi connectivity index (χ2v) is 6.39. The zero-order chi connectivity index (χ0) is 17.6. The van der Waals surface area contributed by atoms with Gasteiger partial charge in [0.05, 0.1) is 0 Å². The lowest BCUT2D eigenvalue weighted by Gasteiger charge is -2.11. The van der Waals surface area contributed by atoms with Crippen molar-refractivity contribution in [2.45, 2.75) is 6.92 Å². The Labute approximate surface area is 150 Å². The Balaban J connectivity index is 1.66. The summed E-state index contributed by atoms with van der Waals surface area (Å²) in [6, 6.07) is 18.4. The number of hydrogen-bond acceptors (Lipinski definition) is 4. The van der Waals surface area contributed by atoms with Crippen LogP contribution in [-0.2, 0) is 4.79 Å². The van der Waals surface area contributed by atoms with Crippen LogP contribution in [0, 0.1) is 0 Å². The third-order valence-electron chi connectivity index (χ3n) is 3.60. The van der Waals surface area contributed by atoms with Gasteiger partial charge in [-0.25, -0.2) is 0 Å². The van der Waals surface area contributed by atoms with Gasteiger partial charge in [-0.1, -0.05) is 36.4 Å². The topological polar surface area (TPSA) is 55.4 Å². The maximum atomic E-state index is 12.2. The zero-order valence-corrected chi connectivity index (χ0v) is 14.5. The number of rotatable bonds is 6. The first kappa shape index (κ1) is 16.9. The molecule has 1 N–H and O–H groups in total. The minimum absolute atomic E-state index is 0.0419. The molecule has 0 aliphatic carbocycles. The van der Waals surface area contributed by atoms with Gasteiger partial charge in [-0.15, -0.1) is 11.3 Å². The van der Waals surface area contributed by atoms with Crippen LogP contribution in [-0.4, -0.2) is 18.3 Å². The van der Waals surface area contributed by atoms with E-state index in [2.05, 4.69) is 5.32 Å². The van der Waals surface area contributed by atoms with Crippen LogP contribution in [0.3, 0.4) is 0 Å². The van der Waals surface area contributed by atoms with Crippen LogP contribution >= 0.6 is 11.3 Å². The summed E-state index contributed by atoms with van der Waals surface area (Å²) < 4.78 is 5.50. The highest BCUT2D eigenvalue weighted by atomic mass is 32.1. The van der Waals surface area contributed by atoms with Crippen molar-refractivity contribution in [1.82, 2.24) is 0 Å². The van der Waals surface area contributed by atoms with Crippen LogP contribution in [0.4, 0.5) is 5.69 Å². The largest absolute Gasteiger partial charge is 0.484 e. The first-order chi connectivity index (χ1) is 12.1. The average Bonchev–Trinajstić information content (AvgIpc) is 3.15. The number of amides is 1. The van der Waals surface area contributed by atoms with Crippen molar-refractivity contribution in [3.63, 3.8) is 0 Å². The van der Waals surface area contributed by atoms with Crippen molar-refractivity contribution < 1.29 is 14.3 Å². The number of Topliss-reactive ketones (excluding diaryl/α,β-unsaturated/α-hetero) is 1. The van der Waals surface area contributed by atoms with Crippen molar-refractivity contribution >= 4 is 28.7 Å². The quantitative estimate of drug-likeness (QED) is 0.659. The molecule has 0 fully saturated rings. The van der Waals surface area contributed by atoms with E-state index >= 15 is 0 Å². The predicted molar refractivity (Wildman–Crippen MR) is 100 cm³/mol. The fourth-order valence-corrected chi connectivity index (χ4v) is 3.14. The molecule has 0 saturated carbocycles. The van der Waals surface area contributed by atoms with Gasteiger partial charge in [0, 0.05) is 21.7 Å². The first-order valence-electron chi connectivity index (χ1n) is 7.80. The molecule has 0 unspecified atom stereocenters. The van der Waals surface area contributed by atoms with Gasteiger partial charge in [-0.3, -0.25) is 9.59 Å². The fourth-order valence-electron chi connectivity index (χ4n) is 2.38. The lowest BCUT2D eigenvalue weighted by Crippen LogP contribution is -2.20. The lowest BCUT2D eigenvalue weighted by atomic mass is 10.1. The van der Waals surface area contributed by atoms with Crippen LogP contribution in [0.2, 0.25) is 0 Å². The van der Waals surface area contributed by atoms with Crippen molar-refractivity contribution in [2.75, 3.05) is 11.9 Å². The van der Waals surface area contributed by atoms with E-state index in [0.29, 0.717) is 11.3 Å². The van der Waals surface area contributed by atoms with E-state index in [1.807, 2.05) is 41.8 Å². The number of ketones is 1. The Morgan fingerprint density at radius 2 is 1.88 bits per heavy atom. The van der Waals surface area contributed by atoms with Gasteiger partial charge in [-0.05, 0) is 36.6 Å². The van der Waals surface area contributed by atoms with Crippen LogP contribution in [0.25, 0.3) is 10.4 Å². The van der Waals surface area contributed by atoms with E-state index in [-0.39, 0.29) is 18.3 Å². The summed E-state index contributed by atoms with van der Waals surface area (Å²) in [5.74, 6) is 0.200. The molecule has 3 rings (SSSR count). The molecular weight excluding hydrogens is 334 g/mol. The maximum absolute atomic E-state index is 12.2. The summed E-state index contributed by atoms with van der Waals surface area (Å²) in [4.78, 5) is 24.7. The molecule has 0 aliphatic rings. The molecule has 25 heavy (non-hydrogen) atoms. The zero-order valence-electron chi connectivity index (χ0n) is 13.7. The SMILES string of the molecule is CC(=O)c1cccc(OCC(=O)Nc2ccccc2-c2cccs2)c1. The number of anilines is 1. The van der Waals surface area contributed by atoms with Gasteiger partial charge in [0.15, 0.2) is 12.4 Å². The molecule has 126 valence electrons. The van der Waals surface area contributed by atoms with Gasteiger partial charge in [0.1, 0.15) is 5.75 Å². The monoisotopic (exact) mass is 351 g/mol. The minimum atomic E-state index is -0.253. The van der Waals surface area contributed by atoms with Gasteiger partial charge in [0.2, 0.25) is 0 Å². The number of benzene rings is 2. The Hall–Kier alpha value is -2.92. The number of carbonyl (C=O) groups is 2. The Morgan fingerprint density at radius 1 is 1.04 bits per heavy atom. The molecule has 0 aliphatic heterocycles. The standard InChI is InChI=1S/C20H17NO3S/c1-14(22)15-6-4-7-16(12-15)24-13-20(23)21-18-9-3-2-8-17(18)19-10-5-11-25-19/h2-12H,13H2,1H3,(H,21,23). The maximum Gasteiger partial charge on any atom is 0.262 e. The van der Waals surface area contributed by atoms with E-state index in [1.54, 1.807) is 35.6 Å². The number of ether oxygens (including phenoxy) is 1. The van der Waals surface area contributed by atoms with Crippen molar-refractivity contribution in [3.05, 3.63) is 71.6 Å². The van der Waals surface area contributed by atoms with Gasteiger partial charge in [-0.2, -0.15) is 0 Å². The second kappa shape index (κ2) is 7.77. The van der Waals surface area contributed by atoms with Gasteiger partial charge >= 0.3 is 0 Å². The molecule has 5 heteroatoms. The normalized spacial score (nSPS) is 10.3. The molecule has 1 heterocycles. The first-order valence-corrected chi connectivity index (χ1v) is 8.68. The van der Waals surface area contributed by atoms with Crippen molar-refractivity contribution in [3.8, 4) is 16.2 Å². The molecule has 1 amide bonds. The van der Waals surface area contributed by atoms with Crippen LogP contribution < -0.4 is 10.1 Å². The predicted octanol–water partition coefficient (Wildman–Crippen LogP) is 4.64. The highest BCUT2D eigenvalue weighted by molar-refractivity contribution is 7.13. The van der Waals surface area contributed by atoms with Gasteiger partial charge < -0.3 is 10.1 Å². The van der Waals surface area contributed by atoms with Gasteiger partial charge in [0.25, 0.3) is 5.91 Å². The molecule has 0 atom stereocenters. The highest BCUT2D eigenvalue weighted by Gasteiger charge is 2.10. The molecule has 0 radical (unpaired) electrons. The smallest absolute Gasteiger partial charge is 0.262 e. The third kappa shape index (κ3) is 4.33. The summed E-state index contributed by atoms with van der Waals surface area (Å²) in [5, 5.41) is 4.88. The molecule has 3 aromatic rings. The summed E-state index contributed by atoms with van der Waals surface area (Å²) >= 11 is 1.62. The average molecular weight is 351 g/mol. The Bertz CT molecular complexity index is 887. The molecule has 1 aromatic heterocycles. The molecular formula is C20H17NO3S. The second-order valence-electron chi connectivity index (χ2n) is 5.44.